The van der Waals surface area contributed by atoms with Crippen LogP contribution in [0.2, 0.25) is 0 Å². The van der Waals surface area contributed by atoms with Crippen LogP contribution in [0.25, 0.3) is 0 Å². The van der Waals surface area contributed by atoms with Gasteiger partial charge in [-0.25, -0.2) is 0 Å². The highest BCUT2D eigenvalue weighted by Gasteiger charge is 2.17. The van der Waals surface area contributed by atoms with Gasteiger partial charge in [0, 0.05) is 0 Å². The van der Waals surface area contributed by atoms with E-state index >= 15 is 0 Å². The monoisotopic (exact) mass is 358 g/mol. The minimum absolute atomic E-state index is 0.357. The van der Waals surface area contributed by atoms with Gasteiger partial charge in [0.2, 0.25) is 0 Å². The first-order valence-electron chi connectivity index (χ1n) is 10.4. The van der Waals surface area contributed by atoms with Crippen LogP contribution in [0.5, 0.6) is 0 Å². The third kappa shape index (κ3) is 4.45. The summed E-state index contributed by atoms with van der Waals surface area (Å²) in [5, 5.41) is 3.45. The van der Waals surface area contributed by atoms with Gasteiger partial charge in [0.15, 0.2) is 0 Å². The molecule has 1 heteroatoms. The van der Waals surface area contributed by atoms with E-state index in [2.05, 4.69) is 66.7 Å². The summed E-state index contributed by atoms with van der Waals surface area (Å²) in [7, 11) is -0.357. The van der Waals surface area contributed by atoms with Crippen LogP contribution in [0.4, 0.5) is 0 Å². The van der Waals surface area contributed by atoms with Crippen molar-refractivity contribution in [2.45, 2.75) is 51.4 Å². The lowest BCUT2D eigenvalue weighted by molar-refractivity contribution is 0.357. The van der Waals surface area contributed by atoms with Gasteiger partial charge in [-0.1, -0.05) is 109 Å². The molecule has 0 aromatic heterocycles. The van der Waals surface area contributed by atoms with Crippen molar-refractivity contribution in [3.8, 4) is 0 Å². The van der Waals surface area contributed by atoms with E-state index < -0.39 is 0 Å². The SMILES string of the molecule is C1=CC(Cc2ccccc2)=C([SiH2]c2ccccc2CC2CCCCC2)C1. The van der Waals surface area contributed by atoms with E-state index in [1.807, 2.05) is 0 Å². The highest BCUT2D eigenvalue weighted by atomic mass is 28.2. The first kappa shape index (κ1) is 17.5. The van der Waals surface area contributed by atoms with Crippen LogP contribution in [0.1, 0.15) is 49.7 Å². The van der Waals surface area contributed by atoms with Crippen molar-refractivity contribution < 1.29 is 0 Å². The van der Waals surface area contributed by atoms with Gasteiger partial charge >= 0.3 is 0 Å². The zero-order valence-electron chi connectivity index (χ0n) is 15.8. The van der Waals surface area contributed by atoms with E-state index in [9.17, 15) is 0 Å². The maximum absolute atomic E-state index is 2.43. The van der Waals surface area contributed by atoms with Gasteiger partial charge in [-0.2, -0.15) is 0 Å². The Morgan fingerprint density at radius 3 is 2.46 bits per heavy atom. The average Bonchev–Trinajstić information content (AvgIpc) is 3.12. The van der Waals surface area contributed by atoms with Crippen LogP contribution < -0.4 is 5.19 Å². The Balaban J connectivity index is 1.50. The summed E-state index contributed by atoms with van der Waals surface area (Å²) in [5.74, 6) is 0.929. The molecule has 1 fully saturated rings. The normalized spacial score (nSPS) is 18.3. The summed E-state index contributed by atoms with van der Waals surface area (Å²) in [6.45, 7) is 0. The van der Waals surface area contributed by atoms with Crippen LogP contribution in [0, 0.1) is 5.92 Å². The molecule has 4 rings (SSSR count). The van der Waals surface area contributed by atoms with Gasteiger partial charge in [-0.3, -0.25) is 0 Å². The number of rotatable bonds is 6. The first-order chi connectivity index (χ1) is 12.9. The quantitative estimate of drug-likeness (QED) is 0.633. The maximum Gasteiger partial charge on any atom is 0.0835 e. The van der Waals surface area contributed by atoms with E-state index in [4.69, 9.17) is 0 Å². The maximum atomic E-state index is 2.43. The van der Waals surface area contributed by atoms with Gasteiger partial charge in [-0.05, 0) is 41.9 Å². The van der Waals surface area contributed by atoms with Crippen molar-refractivity contribution in [2.75, 3.05) is 0 Å². The molecular formula is C25H30Si. The molecule has 0 spiro atoms. The molecule has 0 aliphatic heterocycles. The molecule has 0 atom stereocenters. The fourth-order valence-electron chi connectivity index (χ4n) is 4.64. The number of hydrogen-bond acceptors (Lipinski definition) is 0. The molecule has 0 unspecified atom stereocenters. The van der Waals surface area contributed by atoms with E-state index in [1.165, 1.54) is 50.5 Å². The average molecular weight is 359 g/mol. The highest BCUT2D eigenvalue weighted by Crippen LogP contribution is 2.27. The molecule has 2 aliphatic carbocycles. The molecule has 2 aromatic carbocycles. The lowest BCUT2D eigenvalue weighted by Gasteiger charge is -2.23. The third-order valence-electron chi connectivity index (χ3n) is 6.13. The fraction of sp³-hybridized carbons (Fsp3) is 0.360. The first-order valence-corrected chi connectivity index (χ1v) is 11.8. The van der Waals surface area contributed by atoms with Crippen molar-refractivity contribution in [1.82, 2.24) is 0 Å². The van der Waals surface area contributed by atoms with E-state index in [0.717, 1.165) is 12.3 Å². The summed E-state index contributed by atoms with van der Waals surface area (Å²) in [6.07, 6.45) is 15.6. The molecule has 0 bridgehead atoms. The molecule has 0 amide bonds. The molecule has 0 radical (unpaired) electrons. The van der Waals surface area contributed by atoms with Gasteiger partial charge in [-0.15, -0.1) is 0 Å². The number of allylic oxidation sites excluding steroid dienone is 4. The van der Waals surface area contributed by atoms with Crippen LogP contribution >= 0.6 is 0 Å². The Labute approximate surface area is 160 Å². The summed E-state index contributed by atoms with van der Waals surface area (Å²) >= 11 is 0. The Morgan fingerprint density at radius 2 is 1.62 bits per heavy atom. The summed E-state index contributed by atoms with van der Waals surface area (Å²) in [6, 6.07) is 20.3. The largest absolute Gasteiger partial charge is 0.0835 e. The van der Waals surface area contributed by atoms with Gasteiger partial charge in [0.25, 0.3) is 0 Å². The molecule has 2 aromatic rings. The topological polar surface area (TPSA) is 0 Å². The van der Waals surface area contributed by atoms with Crippen molar-refractivity contribution in [3.63, 3.8) is 0 Å². The lowest BCUT2D eigenvalue weighted by atomic mass is 9.85. The third-order valence-corrected chi connectivity index (χ3v) is 8.37. The number of benzene rings is 2. The summed E-state index contributed by atoms with van der Waals surface area (Å²) in [5.41, 5.74) is 4.69. The molecule has 0 saturated heterocycles. The molecular weight excluding hydrogens is 328 g/mol. The standard InChI is InChI=1S/C25H30Si/c1-3-10-20(11-4-1)18-22-14-7-8-16-24(22)26-25-17-9-15-23(25)19-21-12-5-2-6-13-21/h2,5-9,12-16,20H,1,3-4,10-11,17-19,26H2. The highest BCUT2D eigenvalue weighted by molar-refractivity contribution is 6.61. The zero-order chi connectivity index (χ0) is 17.6. The van der Waals surface area contributed by atoms with Crippen molar-refractivity contribution >= 4 is 14.7 Å². The molecule has 134 valence electrons. The lowest BCUT2D eigenvalue weighted by Crippen LogP contribution is -2.24. The van der Waals surface area contributed by atoms with E-state index in [1.54, 1.807) is 21.5 Å². The van der Waals surface area contributed by atoms with E-state index in [-0.39, 0.29) is 9.52 Å². The predicted octanol–water partition coefficient (Wildman–Crippen LogP) is 5.06. The van der Waals surface area contributed by atoms with Crippen LogP contribution in [0.15, 0.2) is 77.5 Å². The molecule has 0 nitrogen and oxygen atoms in total. The molecule has 2 aliphatic rings. The molecule has 1 saturated carbocycles. The molecule has 0 N–H and O–H groups in total. The van der Waals surface area contributed by atoms with Gasteiger partial charge < -0.3 is 0 Å². The smallest absolute Gasteiger partial charge is 0.0806 e. The van der Waals surface area contributed by atoms with Gasteiger partial charge in [0.1, 0.15) is 0 Å². The molecule has 0 heterocycles. The van der Waals surface area contributed by atoms with Crippen LogP contribution in [-0.4, -0.2) is 9.52 Å². The minimum Gasteiger partial charge on any atom is -0.0806 e. The summed E-state index contributed by atoms with van der Waals surface area (Å²) < 4.78 is 0. The number of hydrogen-bond donors (Lipinski definition) is 0. The fourth-order valence-corrected chi connectivity index (χ4v) is 6.62. The van der Waals surface area contributed by atoms with Crippen molar-refractivity contribution in [3.05, 3.63) is 88.6 Å². The Bertz CT molecular complexity index is 779. The van der Waals surface area contributed by atoms with Gasteiger partial charge in [0.05, 0.1) is 9.52 Å². The van der Waals surface area contributed by atoms with Crippen LogP contribution in [-0.2, 0) is 12.8 Å². The second-order valence-electron chi connectivity index (χ2n) is 8.05. The van der Waals surface area contributed by atoms with Crippen LogP contribution in [0.3, 0.4) is 0 Å². The second kappa shape index (κ2) is 8.68. The summed E-state index contributed by atoms with van der Waals surface area (Å²) in [4.78, 5) is 0. The van der Waals surface area contributed by atoms with Crippen molar-refractivity contribution in [2.24, 2.45) is 5.92 Å². The van der Waals surface area contributed by atoms with Crippen molar-refractivity contribution in [1.29, 1.82) is 0 Å². The Kier molecular flexibility index (Phi) is 5.86. The minimum atomic E-state index is -0.357. The molecule has 26 heavy (non-hydrogen) atoms. The zero-order valence-corrected chi connectivity index (χ0v) is 17.2. The van der Waals surface area contributed by atoms with E-state index in [0.29, 0.717) is 0 Å². The Hall–Kier alpha value is -1.86. The Morgan fingerprint density at radius 1 is 0.846 bits per heavy atom. The second-order valence-corrected chi connectivity index (χ2v) is 10.0. The predicted molar refractivity (Wildman–Crippen MR) is 116 cm³/mol.